The fourth-order valence-corrected chi connectivity index (χ4v) is 2.16. The van der Waals surface area contributed by atoms with Crippen LogP contribution in [0.2, 0.25) is 0 Å². The molecule has 0 aliphatic carbocycles. The Balaban J connectivity index is 1.98. The Morgan fingerprint density at radius 2 is 1.81 bits per heavy atom. The van der Waals surface area contributed by atoms with Crippen LogP contribution in [0, 0.1) is 18.3 Å². The highest BCUT2D eigenvalue weighted by Crippen LogP contribution is 2.29. The Kier molecular flexibility index (Phi) is 6.63. The summed E-state index contributed by atoms with van der Waals surface area (Å²) in [5.41, 5.74) is 6.78. The second-order valence-corrected chi connectivity index (χ2v) is 5.45. The van der Waals surface area contributed by atoms with Gasteiger partial charge in [0.1, 0.15) is 30.6 Å². The zero-order valence-corrected chi connectivity index (χ0v) is 14.7. The first kappa shape index (κ1) is 18.9. The monoisotopic (exact) mass is 352 g/mol. The van der Waals surface area contributed by atoms with Crippen LogP contribution in [0.5, 0.6) is 17.2 Å². The van der Waals surface area contributed by atoms with Crippen molar-refractivity contribution in [2.24, 2.45) is 5.73 Å². The summed E-state index contributed by atoms with van der Waals surface area (Å²) in [5, 5.41) is 8.90. The van der Waals surface area contributed by atoms with Crippen LogP contribution in [-0.4, -0.2) is 26.2 Å². The molecular weight excluding hydrogens is 332 g/mol. The second kappa shape index (κ2) is 9.14. The number of aryl methyl sites for hydroxylation is 1. The van der Waals surface area contributed by atoms with Crippen molar-refractivity contribution in [2.75, 3.05) is 20.3 Å². The smallest absolute Gasteiger partial charge is 0.259 e. The van der Waals surface area contributed by atoms with Crippen LogP contribution in [0.4, 0.5) is 0 Å². The maximum atomic E-state index is 11.1. The Morgan fingerprint density at radius 1 is 1.12 bits per heavy atom. The highest BCUT2D eigenvalue weighted by Gasteiger charge is 2.08. The molecule has 2 N–H and O–H groups in total. The summed E-state index contributed by atoms with van der Waals surface area (Å²) < 4.78 is 16.6. The maximum Gasteiger partial charge on any atom is 0.259 e. The lowest BCUT2D eigenvalue weighted by Crippen LogP contribution is -2.12. The molecule has 2 aromatic rings. The number of primary amides is 1. The van der Waals surface area contributed by atoms with Gasteiger partial charge in [-0.3, -0.25) is 4.79 Å². The van der Waals surface area contributed by atoms with Gasteiger partial charge in [0.15, 0.2) is 11.5 Å². The molecule has 0 atom stereocenters. The standard InChI is InChI=1S/C20H20N2O4/c1-14-3-6-17(7-4-14)25-9-10-26-18-8-5-15(12-19(18)24-2)11-16(13-21)20(22)23/h3-8,11-12H,9-10H2,1-2H3,(H2,22,23). The van der Waals surface area contributed by atoms with Crippen molar-refractivity contribution in [1.29, 1.82) is 5.26 Å². The summed E-state index contributed by atoms with van der Waals surface area (Å²) in [4.78, 5) is 11.1. The van der Waals surface area contributed by atoms with Gasteiger partial charge in [0.05, 0.1) is 7.11 Å². The lowest BCUT2D eigenvalue weighted by molar-refractivity contribution is -0.114. The zero-order chi connectivity index (χ0) is 18.9. The number of methoxy groups -OCH3 is 1. The number of nitrogens with zero attached hydrogens (tertiary/aromatic N) is 1. The van der Waals surface area contributed by atoms with E-state index in [2.05, 4.69) is 0 Å². The number of carbonyl (C=O) groups is 1. The number of hydrogen-bond donors (Lipinski definition) is 1. The Morgan fingerprint density at radius 3 is 2.42 bits per heavy atom. The molecule has 0 bridgehead atoms. The summed E-state index contributed by atoms with van der Waals surface area (Å²) in [6.07, 6.45) is 1.40. The minimum absolute atomic E-state index is 0.132. The third-order valence-corrected chi connectivity index (χ3v) is 3.52. The normalized spacial score (nSPS) is 10.7. The van der Waals surface area contributed by atoms with E-state index in [-0.39, 0.29) is 5.57 Å². The van der Waals surface area contributed by atoms with E-state index in [4.69, 9.17) is 25.2 Å². The van der Waals surface area contributed by atoms with Crippen molar-refractivity contribution in [2.45, 2.75) is 6.92 Å². The second-order valence-electron chi connectivity index (χ2n) is 5.45. The highest BCUT2D eigenvalue weighted by molar-refractivity contribution is 6.00. The summed E-state index contributed by atoms with van der Waals surface area (Å²) in [6, 6.07) is 14.6. The molecule has 26 heavy (non-hydrogen) atoms. The van der Waals surface area contributed by atoms with Gasteiger partial charge in [-0.05, 0) is 42.8 Å². The molecule has 0 aliphatic rings. The van der Waals surface area contributed by atoms with Crippen molar-refractivity contribution in [3.63, 3.8) is 0 Å². The predicted molar refractivity (Wildman–Crippen MR) is 97.9 cm³/mol. The van der Waals surface area contributed by atoms with Crippen molar-refractivity contribution >= 4 is 12.0 Å². The van der Waals surface area contributed by atoms with Gasteiger partial charge in [-0.2, -0.15) is 5.26 Å². The molecule has 0 saturated carbocycles. The van der Waals surface area contributed by atoms with Crippen molar-refractivity contribution in [3.05, 3.63) is 59.2 Å². The molecule has 0 radical (unpaired) electrons. The van der Waals surface area contributed by atoms with Crippen LogP contribution >= 0.6 is 0 Å². The average Bonchev–Trinajstić information content (AvgIpc) is 2.65. The molecule has 6 heteroatoms. The van der Waals surface area contributed by atoms with E-state index < -0.39 is 5.91 Å². The van der Waals surface area contributed by atoms with Gasteiger partial charge >= 0.3 is 0 Å². The lowest BCUT2D eigenvalue weighted by Gasteiger charge is -2.12. The zero-order valence-electron chi connectivity index (χ0n) is 14.7. The summed E-state index contributed by atoms with van der Waals surface area (Å²) >= 11 is 0. The van der Waals surface area contributed by atoms with E-state index in [1.165, 1.54) is 18.7 Å². The Bertz CT molecular complexity index is 836. The first-order valence-electron chi connectivity index (χ1n) is 7.95. The first-order valence-corrected chi connectivity index (χ1v) is 7.95. The molecule has 0 unspecified atom stereocenters. The van der Waals surface area contributed by atoms with Gasteiger partial charge in [0, 0.05) is 0 Å². The van der Waals surface area contributed by atoms with Crippen LogP contribution in [0.15, 0.2) is 48.0 Å². The summed E-state index contributed by atoms with van der Waals surface area (Å²) in [5.74, 6) is 1.02. The number of nitriles is 1. The molecule has 6 nitrogen and oxygen atoms in total. The number of ether oxygens (including phenoxy) is 3. The summed E-state index contributed by atoms with van der Waals surface area (Å²) in [6.45, 7) is 2.74. The SMILES string of the molecule is COc1cc(C=C(C#N)C(N)=O)ccc1OCCOc1ccc(C)cc1. The van der Waals surface area contributed by atoms with Crippen LogP contribution in [0.25, 0.3) is 6.08 Å². The predicted octanol–water partition coefficient (Wildman–Crippen LogP) is 2.85. The number of carbonyl (C=O) groups excluding carboxylic acids is 1. The fourth-order valence-electron chi connectivity index (χ4n) is 2.16. The molecular formula is C20H20N2O4. The van der Waals surface area contributed by atoms with Crippen molar-refractivity contribution in [3.8, 4) is 23.3 Å². The molecule has 0 saturated heterocycles. The minimum atomic E-state index is -0.778. The van der Waals surface area contributed by atoms with Gasteiger partial charge in [0.2, 0.25) is 0 Å². The van der Waals surface area contributed by atoms with Gasteiger partial charge in [-0.15, -0.1) is 0 Å². The molecule has 0 heterocycles. The minimum Gasteiger partial charge on any atom is -0.493 e. The number of hydrogen-bond acceptors (Lipinski definition) is 5. The summed E-state index contributed by atoms with van der Waals surface area (Å²) in [7, 11) is 1.51. The third-order valence-electron chi connectivity index (χ3n) is 3.52. The van der Waals surface area contributed by atoms with E-state index >= 15 is 0 Å². The fraction of sp³-hybridized carbons (Fsp3) is 0.200. The number of benzene rings is 2. The average molecular weight is 352 g/mol. The van der Waals surface area contributed by atoms with Gasteiger partial charge in [-0.1, -0.05) is 23.8 Å². The van der Waals surface area contributed by atoms with Crippen molar-refractivity contribution < 1.29 is 19.0 Å². The third kappa shape index (κ3) is 5.28. The molecule has 1 amide bonds. The molecule has 2 aromatic carbocycles. The van der Waals surface area contributed by atoms with Crippen LogP contribution in [-0.2, 0) is 4.79 Å². The molecule has 134 valence electrons. The topological polar surface area (TPSA) is 94.6 Å². The van der Waals surface area contributed by atoms with Gasteiger partial charge in [-0.25, -0.2) is 0 Å². The number of nitrogens with two attached hydrogens (primary N) is 1. The number of rotatable bonds is 8. The molecule has 0 spiro atoms. The largest absolute Gasteiger partial charge is 0.493 e. The van der Waals surface area contributed by atoms with E-state index in [0.717, 1.165) is 5.75 Å². The van der Waals surface area contributed by atoms with E-state index in [9.17, 15) is 4.79 Å². The quantitative estimate of drug-likeness (QED) is 0.448. The first-order chi connectivity index (χ1) is 12.5. The van der Waals surface area contributed by atoms with Crippen LogP contribution in [0.3, 0.4) is 0 Å². The van der Waals surface area contributed by atoms with E-state index in [0.29, 0.717) is 30.3 Å². The molecule has 2 rings (SSSR count). The Hall–Kier alpha value is -3.46. The van der Waals surface area contributed by atoms with E-state index in [1.54, 1.807) is 24.3 Å². The van der Waals surface area contributed by atoms with Crippen LogP contribution in [0.1, 0.15) is 11.1 Å². The molecule has 0 fully saturated rings. The van der Waals surface area contributed by atoms with Gasteiger partial charge in [0.25, 0.3) is 5.91 Å². The molecule has 0 aliphatic heterocycles. The van der Waals surface area contributed by atoms with Crippen LogP contribution < -0.4 is 19.9 Å². The molecule has 0 aromatic heterocycles. The highest BCUT2D eigenvalue weighted by atomic mass is 16.5. The van der Waals surface area contributed by atoms with E-state index in [1.807, 2.05) is 31.2 Å². The van der Waals surface area contributed by atoms with Crippen molar-refractivity contribution in [1.82, 2.24) is 0 Å². The lowest BCUT2D eigenvalue weighted by atomic mass is 10.1. The Labute approximate surface area is 152 Å². The maximum absolute atomic E-state index is 11.1. The number of amides is 1. The van der Waals surface area contributed by atoms with Gasteiger partial charge < -0.3 is 19.9 Å².